The maximum absolute atomic E-state index is 12.8. The van der Waals surface area contributed by atoms with Gasteiger partial charge in [0.15, 0.2) is 0 Å². The first kappa shape index (κ1) is 27.6. The second kappa shape index (κ2) is 13.3. The number of aliphatic hydroxyl groups is 2. The second-order valence-electron chi connectivity index (χ2n) is 8.37. The molecule has 0 spiro atoms. The number of unbranched alkanes of at least 4 members (excludes halogenated alkanes) is 1. The third-order valence-corrected chi connectivity index (χ3v) is 5.72. The van der Waals surface area contributed by atoms with E-state index in [4.69, 9.17) is 4.74 Å². The van der Waals surface area contributed by atoms with E-state index in [1.807, 2.05) is 6.08 Å². The number of benzene rings is 1. The molecule has 0 aromatic heterocycles. The maximum Gasteiger partial charge on any atom is 0.416 e. The second-order valence-corrected chi connectivity index (χ2v) is 8.37. The SMILES string of the molecule is CC(=O)O/C=C/C=C/CCC[C@H]1C(=O)C[C@@H](O)[C@@H]1CC[C@@H](O)COc1cccc(C(F)(F)F)c1. The lowest BCUT2D eigenvalue weighted by Gasteiger charge is -2.22. The van der Waals surface area contributed by atoms with Crippen LogP contribution in [0.5, 0.6) is 5.75 Å². The van der Waals surface area contributed by atoms with Crippen LogP contribution in [0.2, 0.25) is 0 Å². The molecule has 0 heterocycles. The summed E-state index contributed by atoms with van der Waals surface area (Å²) >= 11 is 0. The first-order valence-corrected chi connectivity index (χ1v) is 11.3. The van der Waals surface area contributed by atoms with Crippen molar-refractivity contribution in [1.82, 2.24) is 0 Å². The van der Waals surface area contributed by atoms with Crippen molar-refractivity contribution >= 4 is 11.8 Å². The smallest absolute Gasteiger partial charge is 0.416 e. The fraction of sp³-hybridized carbons (Fsp3) is 0.520. The minimum absolute atomic E-state index is 0.00550. The van der Waals surface area contributed by atoms with Gasteiger partial charge < -0.3 is 19.7 Å². The van der Waals surface area contributed by atoms with Crippen molar-refractivity contribution in [3.63, 3.8) is 0 Å². The fourth-order valence-electron chi connectivity index (χ4n) is 4.02. The van der Waals surface area contributed by atoms with Crippen LogP contribution in [0.25, 0.3) is 0 Å². The summed E-state index contributed by atoms with van der Waals surface area (Å²) in [6.07, 6.45) is 3.13. The van der Waals surface area contributed by atoms with Gasteiger partial charge in [-0.1, -0.05) is 18.2 Å². The number of hydrogen-bond donors (Lipinski definition) is 2. The fourth-order valence-corrected chi connectivity index (χ4v) is 4.02. The summed E-state index contributed by atoms with van der Waals surface area (Å²) in [6, 6.07) is 4.44. The zero-order chi connectivity index (χ0) is 25.1. The van der Waals surface area contributed by atoms with Gasteiger partial charge in [0, 0.05) is 19.3 Å². The molecule has 0 bridgehead atoms. The van der Waals surface area contributed by atoms with Crippen LogP contribution in [0.1, 0.15) is 51.0 Å². The van der Waals surface area contributed by atoms with E-state index >= 15 is 0 Å². The Bertz CT molecular complexity index is 864. The highest BCUT2D eigenvalue weighted by atomic mass is 19.4. The number of carbonyl (C=O) groups is 2. The molecule has 0 unspecified atom stereocenters. The molecule has 2 rings (SSSR count). The van der Waals surface area contributed by atoms with Crippen molar-refractivity contribution in [3.8, 4) is 5.75 Å². The molecule has 1 saturated carbocycles. The molecule has 0 saturated heterocycles. The summed E-state index contributed by atoms with van der Waals surface area (Å²) in [6.45, 7) is 1.12. The number of halogens is 3. The highest BCUT2D eigenvalue weighted by molar-refractivity contribution is 5.84. The van der Waals surface area contributed by atoms with E-state index in [0.29, 0.717) is 19.3 Å². The molecule has 4 atom stereocenters. The van der Waals surface area contributed by atoms with Crippen LogP contribution in [0.3, 0.4) is 0 Å². The van der Waals surface area contributed by atoms with E-state index in [2.05, 4.69) is 4.74 Å². The van der Waals surface area contributed by atoms with Crippen molar-refractivity contribution in [3.05, 3.63) is 54.3 Å². The molecule has 0 amide bonds. The first-order valence-electron chi connectivity index (χ1n) is 11.3. The predicted molar refractivity (Wildman–Crippen MR) is 119 cm³/mol. The number of ether oxygens (including phenoxy) is 2. The summed E-state index contributed by atoms with van der Waals surface area (Å²) in [7, 11) is 0. The van der Waals surface area contributed by atoms with Crippen LogP contribution in [0, 0.1) is 11.8 Å². The number of Topliss-reactive ketones (excluding diaryl/α,β-unsaturated/α-hetero) is 1. The van der Waals surface area contributed by atoms with Crippen molar-refractivity contribution in [2.75, 3.05) is 6.61 Å². The van der Waals surface area contributed by atoms with Crippen molar-refractivity contribution in [2.45, 2.75) is 63.8 Å². The molecule has 0 radical (unpaired) electrons. The number of alkyl halides is 3. The number of hydrogen-bond acceptors (Lipinski definition) is 6. The van der Waals surface area contributed by atoms with E-state index in [-0.39, 0.29) is 42.8 Å². The van der Waals surface area contributed by atoms with Crippen molar-refractivity contribution in [2.24, 2.45) is 11.8 Å². The molecule has 1 aliphatic carbocycles. The van der Waals surface area contributed by atoms with Crippen LogP contribution < -0.4 is 4.74 Å². The van der Waals surface area contributed by atoms with Crippen molar-refractivity contribution in [1.29, 1.82) is 0 Å². The molecular weight excluding hydrogens is 453 g/mol. The van der Waals surface area contributed by atoms with Gasteiger partial charge in [0.1, 0.15) is 18.1 Å². The average Bonchev–Trinajstić information content (AvgIpc) is 3.04. The average molecular weight is 485 g/mol. The third-order valence-electron chi connectivity index (χ3n) is 5.72. The summed E-state index contributed by atoms with van der Waals surface area (Å²) in [5.74, 6) is -0.953. The zero-order valence-corrected chi connectivity index (χ0v) is 19.0. The van der Waals surface area contributed by atoms with E-state index in [1.54, 1.807) is 12.2 Å². The Morgan fingerprint density at radius 3 is 2.74 bits per heavy atom. The molecule has 1 aromatic carbocycles. The Kier molecular flexibility index (Phi) is 10.8. The molecule has 6 nitrogen and oxygen atoms in total. The normalized spacial score (nSPS) is 21.9. The lowest BCUT2D eigenvalue weighted by atomic mass is 9.85. The Labute approximate surface area is 197 Å². The molecule has 1 aromatic rings. The first-order chi connectivity index (χ1) is 16.1. The van der Waals surface area contributed by atoms with Crippen LogP contribution in [-0.4, -0.2) is 40.8 Å². The van der Waals surface area contributed by atoms with E-state index in [0.717, 1.165) is 18.6 Å². The summed E-state index contributed by atoms with van der Waals surface area (Å²) < 4.78 is 48.3. The molecule has 9 heteroatoms. The Morgan fingerprint density at radius 2 is 2.03 bits per heavy atom. The standard InChI is InChI=1S/C25H31F3O6/c1-17(29)33-13-6-4-2-3-5-10-21-22(24(32)15-23(21)31)12-11-19(30)16-34-20-9-7-8-18(14-20)25(26,27)28/h2,4,6-9,13-14,19,21-22,24,30,32H,3,5,10-12,15-16H2,1H3/b4-2+,13-6+/t19-,21-,22-,24-/m1/s1. The minimum Gasteiger partial charge on any atom is -0.491 e. The third kappa shape index (κ3) is 9.30. The summed E-state index contributed by atoms with van der Waals surface area (Å²) in [4.78, 5) is 23.0. The summed E-state index contributed by atoms with van der Waals surface area (Å²) in [5.41, 5.74) is -0.829. The summed E-state index contributed by atoms with van der Waals surface area (Å²) in [5, 5.41) is 20.5. The Morgan fingerprint density at radius 1 is 1.26 bits per heavy atom. The van der Waals surface area contributed by atoms with Gasteiger partial charge in [0.05, 0.1) is 24.0 Å². The number of carbonyl (C=O) groups excluding carboxylic acids is 2. The van der Waals surface area contributed by atoms with E-state index in [1.165, 1.54) is 25.3 Å². The van der Waals surface area contributed by atoms with Gasteiger partial charge in [-0.15, -0.1) is 0 Å². The minimum atomic E-state index is -4.48. The number of ketones is 1. The molecular formula is C25H31F3O6. The number of rotatable bonds is 12. The monoisotopic (exact) mass is 484 g/mol. The predicted octanol–water partition coefficient (Wildman–Crippen LogP) is 4.59. The van der Waals surface area contributed by atoms with Gasteiger partial charge >= 0.3 is 12.1 Å². The number of esters is 1. The van der Waals surface area contributed by atoms with Gasteiger partial charge in [0.2, 0.25) is 0 Å². The zero-order valence-electron chi connectivity index (χ0n) is 19.0. The molecule has 1 fully saturated rings. The highest BCUT2D eigenvalue weighted by Gasteiger charge is 2.40. The Hall–Kier alpha value is -2.65. The highest BCUT2D eigenvalue weighted by Crippen LogP contribution is 2.36. The Balaban J connectivity index is 1.77. The molecule has 188 valence electrons. The molecule has 1 aliphatic rings. The maximum atomic E-state index is 12.8. The van der Waals surface area contributed by atoms with Gasteiger partial charge in [-0.05, 0) is 62.3 Å². The van der Waals surface area contributed by atoms with E-state index in [9.17, 15) is 33.0 Å². The largest absolute Gasteiger partial charge is 0.491 e. The molecule has 2 N–H and O–H groups in total. The topological polar surface area (TPSA) is 93.1 Å². The van der Waals surface area contributed by atoms with Crippen LogP contribution in [0.15, 0.2) is 48.8 Å². The number of allylic oxidation sites excluding steroid dienone is 3. The number of aliphatic hydroxyl groups excluding tert-OH is 2. The molecule has 34 heavy (non-hydrogen) atoms. The quantitative estimate of drug-likeness (QED) is 0.195. The van der Waals surface area contributed by atoms with Gasteiger partial charge in [-0.3, -0.25) is 9.59 Å². The lowest BCUT2D eigenvalue weighted by molar-refractivity contribution is -0.138. The van der Waals surface area contributed by atoms with E-state index < -0.39 is 29.9 Å². The van der Waals surface area contributed by atoms with Gasteiger partial charge in [0.25, 0.3) is 0 Å². The lowest BCUT2D eigenvalue weighted by Crippen LogP contribution is -2.25. The van der Waals surface area contributed by atoms with Gasteiger partial charge in [-0.25, -0.2) is 0 Å². The molecule has 0 aliphatic heterocycles. The van der Waals surface area contributed by atoms with Crippen LogP contribution >= 0.6 is 0 Å². The van der Waals surface area contributed by atoms with Crippen molar-refractivity contribution < 1.29 is 42.4 Å². The van der Waals surface area contributed by atoms with Crippen LogP contribution in [-0.2, 0) is 20.5 Å². The van der Waals surface area contributed by atoms with Gasteiger partial charge in [-0.2, -0.15) is 13.2 Å². The van der Waals surface area contributed by atoms with Crippen LogP contribution in [0.4, 0.5) is 13.2 Å².